The second-order valence-corrected chi connectivity index (χ2v) is 2.09. The Labute approximate surface area is 55.6 Å². The van der Waals surface area contributed by atoms with Gasteiger partial charge >= 0.3 is 0 Å². The number of likely N-dealkylation sites (N-methyl/N-ethyl adjacent to an activating group) is 1. The highest BCUT2D eigenvalue weighted by atomic mass is 16.5. The lowest BCUT2D eigenvalue weighted by molar-refractivity contribution is -0.118. The van der Waals surface area contributed by atoms with Gasteiger partial charge in [0.25, 0.3) is 0 Å². The number of amides is 1. The molecule has 0 rings (SSSR count). The highest BCUT2D eigenvalue weighted by molar-refractivity contribution is 5.46. The smallest absolute Gasteiger partial charge is 0.209 e. The Bertz CT molecular complexity index is 85.1. The minimum absolute atomic E-state index is 0.125. The lowest BCUT2D eigenvalue weighted by Crippen LogP contribution is -2.27. The number of ether oxygens (including phenoxy) is 1. The molecular weight excluding hydrogens is 118 g/mol. The van der Waals surface area contributed by atoms with Gasteiger partial charge in [-0.25, -0.2) is 0 Å². The highest BCUT2D eigenvalue weighted by Crippen LogP contribution is 1.88. The molecule has 0 saturated carbocycles. The summed E-state index contributed by atoms with van der Waals surface area (Å²) >= 11 is 0. The maximum absolute atomic E-state index is 10.0. The summed E-state index contributed by atoms with van der Waals surface area (Å²) in [6.45, 7) is 2.57. The number of nitrogens with zero attached hydrogens (tertiary/aromatic N) is 1. The van der Waals surface area contributed by atoms with Gasteiger partial charge in [-0.05, 0) is 6.92 Å². The lowest BCUT2D eigenvalue weighted by atomic mass is 10.4. The summed E-state index contributed by atoms with van der Waals surface area (Å²) in [6, 6.07) is 0. The van der Waals surface area contributed by atoms with Crippen molar-refractivity contribution < 1.29 is 9.53 Å². The molecule has 3 nitrogen and oxygen atoms in total. The second kappa shape index (κ2) is 4.32. The molecule has 0 aromatic rings. The molecule has 0 aromatic carbocycles. The van der Waals surface area contributed by atoms with Crippen molar-refractivity contribution in [2.45, 2.75) is 13.0 Å². The van der Waals surface area contributed by atoms with E-state index >= 15 is 0 Å². The SMILES string of the molecule is CO[C@@H](C)CN(C)C=O. The van der Waals surface area contributed by atoms with Gasteiger partial charge in [-0.3, -0.25) is 4.79 Å². The lowest BCUT2D eigenvalue weighted by Gasteiger charge is -2.14. The number of hydrogen-bond donors (Lipinski definition) is 0. The van der Waals surface area contributed by atoms with E-state index in [4.69, 9.17) is 4.74 Å². The van der Waals surface area contributed by atoms with Crippen LogP contribution in [0.4, 0.5) is 0 Å². The summed E-state index contributed by atoms with van der Waals surface area (Å²) in [5, 5.41) is 0. The van der Waals surface area contributed by atoms with Gasteiger partial charge < -0.3 is 9.64 Å². The molecule has 0 unspecified atom stereocenters. The van der Waals surface area contributed by atoms with E-state index < -0.39 is 0 Å². The number of hydrogen-bond acceptors (Lipinski definition) is 2. The van der Waals surface area contributed by atoms with Crippen LogP contribution in [0.1, 0.15) is 6.92 Å². The van der Waals surface area contributed by atoms with Gasteiger partial charge in [-0.1, -0.05) is 0 Å². The zero-order chi connectivity index (χ0) is 7.28. The second-order valence-electron chi connectivity index (χ2n) is 2.09. The first kappa shape index (κ1) is 8.43. The number of methoxy groups -OCH3 is 1. The molecule has 0 aliphatic carbocycles. The number of rotatable bonds is 4. The van der Waals surface area contributed by atoms with E-state index in [1.807, 2.05) is 6.92 Å². The summed E-state index contributed by atoms with van der Waals surface area (Å²) in [4.78, 5) is 11.6. The van der Waals surface area contributed by atoms with Crippen LogP contribution in [-0.4, -0.2) is 38.1 Å². The van der Waals surface area contributed by atoms with E-state index in [0.717, 1.165) is 6.41 Å². The minimum Gasteiger partial charge on any atom is -0.380 e. The van der Waals surface area contributed by atoms with Crippen molar-refractivity contribution >= 4 is 6.41 Å². The molecule has 0 N–H and O–H groups in total. The zero-order valence-electron chi connectivity index (χ0n) is 6.13. The van der Waals surface area contributed by atoms with Crippen molar-refractivity contribution in [2.75, 3.05) is 20.7 Å². The molecule has 0 aromatic heterocycles. The van der Waals surface area contributed by atoms with Crippen LogP contribution in [-0.2, 0) is 9.53 Å². The monoisotopic (exact) mass is 131 g/mol. The molecule has 0 fully saturated rings. The van der Waals surface area contributed by atoms with Gasteiger partial charge in [0.05, 0.1) is 6.10 Å². The Morgan fingerprint density at radius 3 is 2.67 bits per heavy atom. The fourth-order valence-corrected chi connectivity index (χ4v) is 0.523. The van der Waals surface area contributed by atoms with Crippen molar-refractivity contribution in [3.63, 3.8) is 0 Å². The van der Waals surface area contributed by atoms with Crippen LogP contribution in [0.3, 0.4) is 0 Å². The standard InChI is InChI=1S/C6H13NO2/c1-6(9-3)4-7(2)5-8/h5-6H,4H2,1-3H3/t6-/m0/s1. The number of carbonyl (C=O) groups excluding carboxylic acids is 1. The van der Waals surface area contributed by atoms with Crippen LogP contribution in [0, 0.1) is 0 Å². The van der Waals surface area contributed by atoms with Gasteiger partial charge in [0.15, 0.2) is 0 Å². The fourth-order valence-electron chi connectivity index (χ4n) is 0.523. The minimum atomic E-state index is 0.125. The first-order valence-electron chi connectivity index (χ1n) is 2.89. The molecule has 0 spiro atoms. The van der Waals surface area contributed by atoms with Crippen LogP contribution in [0.5, 0.6) is 0 Å². The Morgan fingerprint density at radius 2 is 2.33 bits per heavy atom. The van der Waals surface area contributed by atoms with Crippen molar-refractivity contribution in [3.8, 4) is 0 Å². The summed E-state index contributed by atoms with van der Waals surface area (Å²) in [7, 11) is 3.35. The summed E-state index contributed by atoms with van der Waals surface area (Å²) in [5.74, 6) is 0. The Morgan fingerprint density at radius 1 is 1.78 bits per heavy atom. The molecule has 54 valence electrons. The van der Waals surface area contributed by atoms with Crippen molar-refractivity contribution in [2.24, 2.45) is 0 Å². The molecular formula is C6H13NO2. The van der Waals surface area contributed by atoms with Crippen LogP contribution in [0.15, 0.2) is 0 Å². The predicted molar refractivity (Wildman–Crippen MR) is 35.2 cm³/mol. The third kappa shape index (κ3) is 3.97. The van der Waals surface area contributed by atoms with Gasteiger partial charge in [-0.15, -0.1) is 0 Å². The van der Waals surface area contributed by atoms with Crippen LogP contribution < -0.4 is 0 Å². The van der Waals surface area contributed by atoms with E-state index in [9.17, 15) is 4.79 Å². The summed E-state index contributed by atoms with van der Waals surface area (Å²) in [5.41, 5.74) is 0. The van der Waals surface area contributed by atoms with E-state index in [1.54, 1.807) is 19.1 Å². The third-order valence-electron chi connectivity index (χ3n) is 1.13. The maximum atomic E-state index is 10.0. The average molecular weight is 131 g/mol. The van der Waals surface area contributed by atoms with Gasteiger partial charge in [0.2, 0.25) is 6.41 Å². The molecule has 0 saturated heterocycles. The zero-order valence-corrected chi connectivity index (χ0v) is 6.13. The molecule has 3 heteroatoms. The molecule has 1 atom stereocenters. The first-order valence-corrected chi connectivity index (χ1v) is 2.89. The average Bonchev–Trinajstić information content (AvgIpc) is 1.87. The van der Waals surface area contributed by atoms with E-state index in [0.29, 0.717) is 6.54 Å². The summed E-state index contributed by atoms with van der Waals surface area (Å²) in [6.07, 6.45) is 0.912. The van der Waals surface area contributed by atoms with Gasteiger partial charge in [0.1, 0.15) is 0 Å². The predicted octanol–water partition coefficient (Wildman–Crippen LogP) is 0.109. The molecule has 0 bridgehead atoms. The van der Waals surface area contributed by atoms with Crippen molar-refractivity contribution in [1.29, 1.82) is 0 Å². The van der Waals surface area contributed by atoms with Crippen LogP contribution >= 0.6 is 0 Å². The highest BCUT2D eigenvalue weighted by Gasteiger charge is 2.00. The largest absolute Gasteiger partial charge is 0.380 e. The molecule has 9 heavy (non-hydrogen) atoms. The molecule has 0 heterocycles. The van der Waals surface area contributed by atoms with Gasteiger partial charge in [-0.2, -0.15) is 0 Å². The normalized spacial score (nSPS) is 12.8. The van der Waals surface area contributed by atoms with Crippen molar-refractivity contribution in [3.05, 3.63) is 0 Å². The molecule has 0 aliphatic heterocycles. The molecule has 1 amide bonds. The molecule has 0 aliphatic rings. The van der Waals surface area contributed by atoms with Crippen molar-refractivity contribution in [1.82, 2.24) is 4.90 Å². The topological polar surface area (TPSA) is 29.5 Å². The van der Waals surface area contributed by atoms with Crippen LogP contribution in [0.2, 0.25) is 0 Å². The van der Waals surface area contributed by atoms with E-state index in [-0.39, 0.29) is 6.10 Å². The Kier molecular flexibility index (Phi) is 4.05. The Balaban J connectivity index is 3.33. The molecule has 0 radical (unpaired) electrons. The quantitative estimate of drug-likeness (QED) is 0.507. The van der Waals surface area contributed by atoms with Crippen LogP contribution in [0.25, 0.3) is 0 Å². The Hall–Kier alpha value is -0.570. The van der Waals surface area contributed by atoms with E-state index in [1.165, 1.54) is 0 Å². The maximum Gasteiger partial charge on any atom is 0.209 e. The third-order valence-corrected chi connectivity index (χ3v) is 1.13. The summed E-state index contributed by atoms with van der Waals surface area (Å²) < 4.78 is 4.92. The van der Waals surface area contributed by atoms with E-state index in [2.05, 4.69) is 0 Å². The first-order chi connectivity index (χ1) is 4.20. The fraction of sp³-hybridized carbons (Fsp3) is 0.833. The van der Waals surface area contributed by atoms with Gasteiger partial charge in [0, 0.05) is 20.7 Å². The number of carbonyl (C=O) groups is 1.